The number of benzene rings is 2. The number of aromatic nitrogens is 5. The van der Waals surface area contributed by atoms with Crippen LogP contribution in [0.4, 0.5) is 5.69 Å². The van der Waals surface area contributed by atoms with E-state index in [2.05, 4.69) is 32.3 Å². The predicted octanol–water partition coefficient (Wildman–Crippen LogP) is 2.56. The summed E-state index contributed by atoms with van der Waals surface area (Å²) in [5.41, 5.74) is 2.44. The van der Waals surface area contributed by atoms with Crippen LogP contribution in [0, 0.1) is 0 Å². The molecule has 10 nitrogen and oxygen atoms in total. The minimum Gasteiger partial charge on any atom is -0.368 e. The quantitative estimate of drug-likeness (QED) is 0.380. The molecule has 4 heterocycles. The first-order valence-corrected chi connectivity index (χ1v) is 11.7. The van der Waals surface area contributed by atoms with Crippen molar-refractivity contribution in [2.24, 2.45) is 0 Å². The zero-order valence-electron chi connectivity index (χ0n) is 19.4. The molecule has 0 bridgehead atoms. The number of carbonyl (C=O) groups is 1. The molecule has 1 aliphatic heterocycles. The number of anilines is 1. The van der Waals surface area contributed by atoms with E-state index in [0.717, 1.165) is 24.3 Å². The lowest BCUT2D eigenvalue weighted by atomic mass is 10.2. The molecule has 0 spiro atoms. The summed E-state index contributed by atoms with van der Waals surface area (Å²) in [6.45, 7) is 2.52. The highest BCUT2D eigenvalue weighted by molar-refractivity contribution is 5.77. The average molecular weight is 482 g/mol. The fourth-order valence-electron chi connectivity index (χ4n) is 4.43. The highest BCUT2D eigenvalue weighted by Gasteiger charge is 2.24. The highest BCUT2D eigenvalue weighted by Crippen LogP contribution is 2.24. The molecule has 36 heavy (non-hydrogen) atoms. The van der Waals surface area contributed by atoms with Gasteiger partial charge in [-0.3, -0.25) is 4.79 Å². The molecule has 0 aliphatic carbocycles. The van der Waals surface area contributed by atoms with Gasteiger partial charge in [0, 0.05) is 43.6 Å². The van der Waals surface area contributed by atoms with E-state index in [1.807, 2.05) is 48.5 Å². The first-order chi connectivity index (χ1) is 17.7. The van der Waals surface area contributed by atoms with E-state index in [4.69, 9.17) is 4.52 Å². The summed E-state index contributed by atoms with van der Waals surface area (Å²) in [6.07, 6.45) is 1.61. The minimum absolute atomic E-state index is 0.135. The summed E-state index contributed by atoms with van der Waals surface area (Å²) in [5.74, 6) is 0.554. The Balaban J connectivity index is 1.21. The fourth-order valence-corrected chi connectivity index (χ4v) is 4.43. The summed E-state index contributed by atoms with van der Waals surface area (Å²) >= 11 is 0. The zero-order valence-corrected chi connectivity index (χ0v) is 19.4. The molecule has 180 valence electrons. The Labute approximate surface area is 206 Å². The maximum absolute atomic E-state index is 13.0. The van der Waals surface area contributed by atoms with Crippen molar-refractivity contribution in [3.63, 3.8) is 0 Å². The third kappa shape index (κ3) is 4.02. The van der Waals surface area contributed by atoms with Crippen LogP contribution in [0.1, 0.15) is 0 Å². The Bertz CT molecular complexity index is 1570. The van der Waals surface area contributed by atoms with E-state index in [1.54, 1.807) is 23.2 Å². The lowest BCUT2D eigenvalue weighted by molar-refractivity contribution is -0.132. The Morgan fingerprint density at radius 3 is 2.36 bits per heavy atom. The predicted molar refractivity (Wildman–Crippen MR) is 133 cm³/mol. The van der Waals surface area contributed by atoms with E-state index in [0.29, 0.717) is 30.1 Å². The Morgan fingerprint density at radius 1 is 0.889 bits per heavy atom. The van der Waals surface area contributed by atoms with Crippen molar-refractivity contribution in [2.45, 2.75) is 6.54 Å². The lowest BCUT2D eigenvalue weighted by Crippen LogP contribution is -2.50. The van der Waals surface area contributed by atoms with Crippen LogP contribution in [-0.4, -0.2) is 61.3 Å². The first-order valence-electron chi connectivity index (χ1n) is 11.7. The van der Waals surface area contributed by atoms with E-state index in [9.17, 15) is 9.59 Å². The van der Waals surface area contributed by atoms with Crippen molar-refractivity contribution in [1.82, 2.24) is 29.2 Å². The number of rotatable bonds is 5. The van der Waals surface area contributed by atoms with Gasteiger partial charge in [-0.05, 0) is 24.3 Å². The van der Waals surface area contributed by atoms with Gasteiger partial charge >= 0.3 is 5.69 Å². The summed E-state index contributed by atoms with van der Waals surface area (Å²) in [6, 6.07) is 23.1. The standard InChI is InChI=1S/C26H23N7O3/c34-22(31-16-14-30(15-17-31)20-10-5-2-6-11-20)18-33-26(35)32-13-7-12-21(24(32)28-33)25-27-23(29-36-25)19-8-3-1-4-9-19/h1-13H,14-18H2. The second kappa shape index (κ2) is 9.14. The molecule has 1 fully saturated rings. The summed E-state index contributed by atoms with van der Waals surface area (Å²) in [5, 5.41) is 8.51. The molecule has 10 heteroatoms. The number of amides is 1. The molecule has 0 atom stereocenters. The van der Waals surface area contributed by atoms with Crippen molar-refractivity contribution < 1.29 is 9.32 Å². The molecule has 0 radical (unpaired) electrons. The van der Waals surface area contributed by atoms with E-state index in [-0.39, 0.29) is 18.3 Å². The number of para-hydroxylation sites is 1. The van der Waals surface area contributed by atoms with Gasteiger partial charge in [-0.15, -0.1) is 5.10 Å². The van der Waals surface area contributed by atoms with Gasteiger partial charge in [-0.25, -0.2) is 13.9 Å². The van der Waals surface area contributed by atoms with Crippen LogP contribution in [0.5, 0.6) is 0 Å². The van der Waals surface area contributed by atoms with E-state index >= 15 is 0 Å². The van der Waals surface area contributed by atoms with Gasteiger partial charge in [0.2, 0.25) is 11.7 Å². The number of pyridine rings is 1. The molecule has 3 aromatic heterocycles. The van der Waals surface area contributed by atoms with E-state index in [1.165, 1.54) is 9.08 Å². The average Bonchev–Trinajstić information content (AvgIpc) is 3.55. The molecule has 1 aliphatic rings. The van der Waals surface area contributed by atoms with Crippen LogP contribution in [0.3, 0.4) is 0 Å². The number of piperazine rings is 1. The molecular formula is C26H23N7O3. The molecule has 6 rings (SSSR count). The van der Waals surface area contributed by atoms with Crippen molar-refractivity contribution in [3.8, 4) is 22.8 Å². The van der Waals surface area contributed by atoms with Crippen molar-refractivity contribution in [1.29, 1.82) is 0 Å². The lowest BCUT2D eigenvalue weighted by Gasteiger charge is -2.36. The summed E-state index contributed by atoms with van der Waals surface area (Å²) < 4.78 is 8.06. The highest BCUT2D eigenvalue weighted by atomic mass is 16.5. The van der Waals surface area contributed by atoms with Gasteiger partial charge in [0.15, 0.2) is 5.65 Å². The molecule has 0 N–H and O–H groups in total. The second-order valence-corrected chi connectivity index (χ2v) is 8.55. The van der Waals surface area contributed by atoms with Gasteiger partial charge in [-0.1, -0.05) is 53.7 Å². The Hall–Kier alpha value is -4.73. The third-order valence-corrected chi connectivity index (χ3v) is 6.34. The third-order valence-electron chi connectivity index (χ3n) is 6.34. The number of hydrogen-bond donors (Lipinski definition) is 0. The van der Waals surface area contributed by atoms with Crippen LogP contribution < -0.4 is 10.6 Å². The molecule has 1 saturated heterocycles. The van der Waals surface area contributed by atoms with Crippen LogP contribution in [0.2, 0.25) is 0 Å². The van der Waals surface area contributed by atoms with Gasteiger partial charge in [0.1, 0.15) is 6.54 Å². The summed E-state index contributed by atoms with van der Waals surface area (Å²) in [7, 11) is 0. The number of nitrogens with zero attached hydrogens (tertiary/aromatic N) is 7. The van der Waals surface area contributed by atoms with E-state index < -0.39 is 5.69 Å². The van der Waals surface area contributed by atoms with Crippen LogP contribution in [0.15, 0.2) is 88.3 Å². The smallest absolute Gasteiger partial charge is 0.350 e. The number of fused-ring (bicyclic) bond motifs is 1. The molecule has 0 saturated carbocycles. The number of hydrogen-bond acceptors (Lipinski definition) is 7. The van der Waals surface area contributed by atoms with Gasteiger partial charge in [0.05, 0.1) is 5.56 Å². The topological polar surface area (TPSA) is 102 Å². The SMILES string of the molecule is O=C(Cn1nc2c(-c3nc(-c4ccccc4)no3)cccn2c1=O)N1CCN(c2ccccc2)CC1. The monoisotopic (exact) mass is 481 g/mol. The van der Waals surface area contributed by atoms with Crippen molar-refractivity contribution in [3.05, 3.63) is 89.5 Å². The maximum Gasteiger partial charge on any atom is 0.350 e. The second-order valence-electron chi connectivity index (χ2n) is 8.55. The summed E-state index contributed by atoms with van der Waals surface area (Å²) in [4.78, 5) is 34.5. The fraction of sp³-hybridized carbons (Fsp3) is 0.192. The normalized spacial score (nSPS) is 13.9. The minimum atomic E-state index is -0.397. The molecule has 0 unspecified atom stereocenters. The number of carbonyl (C=O) groups excluding carboxylic acids is 1. The molecule has 2 aromatic carbocycles. The van der Waals surface area contributed by atoms with Crippen LogP contribution in [0.25, 0.3) is 28.5 Å². The zero-order chi connectivity index (χ0) is 24.5. The van der Waals surface area contributed by atoms with Crippen LogP contribution >= 0.6 is 0 Å². The maximum atomic E-state index is 13.0. The van der Waals surface area contributed by atoms with Crippen molar-refractivity contribution in [2.75, 3.05) is 31.1 Å². The molecule has 1 amide bonds. The largest absolute Gasteiger partial charge is 0.368 e. The first kappa shape index (κ1) is 21.8. The van der Waals surface area contributed by atoms with Gasteiger partial charge < -0.3 is 14.3 Å². The Morgan fingerprint density at radius 2 is 1.61 bits per heavy atom. The van der Waals surface area contributed by atoms with Crippen LogP contribution in [-0.2, 0) is 11.3 Å². The van der Waals surface area contributed by atoms with Gasteiger partial charge in [0.25, 0.3) is 5.89 Å². The van der Waals surface area contributed by atoms with Gasteiger partial charge in [-0.2, -0.15) is 4.98 Å². The molecule has 5 aromatic rings. The molecular weight excluding hydrogens is 458 g/mol. The van der Waals surface area contributed by atoms with Crippen molar-refractivity contribution >= 4 is 17.2 Å². The Kier molecular flexibility index (Phi) is 5.53.